The van der Waals surface area contributed by atoms with E-state index in [9.17, 15) is 4.79 Å². The van der Waals surface area contributed by atoms with Crippen LogP contribution in [0.4, 0.5) is 5.69 Å². The number of benzene rings is 1. The number of hydrogen-bond donors (Lipinski definition) is 0. The first-order chi connectivity index (χ1) is 9.94. The summed E-state index contributed by atoms with van der Waals surface area (Å²) in [6, 6.07) is 9.87. The lowest BCUT2D eigenvalue weighted by atomic mass is 10.1. The summed E-state index contributed by atoms with van der Waals surface area (Å²) in [7, 11) is 0. The zero-order chi connectivity index (χ0) is 15.0. The SMILES string of the molecule is Cc1cc(CC(=O)N2CC(C)(C)Sc3ccccc32)no1. The van der Waals surface area contributed by atoms with Crippen LogP contribution in [0.1, 0.15) is 25.3 Å². The van der Waals surface area contributed by atoms with Crippen molar-refractivity contribution >= 4 is 23.4 Å². The maximum Gasteiger partial charge on any atom is 0.233 e. The van der Waals surface area contributed by atoms with Crippen LogP contribution in [-0.4, -0.2) is 22.4 Å². The molecule has 2 aromatic rings. The fraction of sp³-hybridized carbons (Fsp3) is 0.375. The predicted octanol–water partition coefficient (Wildman–Crippen LogP) is 3.44. The predicted molar refractivity (Wildman–Crippen MR) is 83.7 cm³/mol. The van der Waals surface area contributed by atoms with Crippen LogP contribution in [0.15, 0.2) is 39.8 Å². The fourth-order valence-corrected chi connectivity index (χ4v) is 3.75. The van der Waals surface area contributed by atoms with Crippen molar-refractivity contribution in [2.24, 2.45) is 0 Å². The third-order valence-corrected chi connectivity index (χ3v) is 4.64. The van der Waals surface area contributed by atoms with E-state index in [-0.39, 0.29) is 17.1 Å². The largest absolute Gasteiger partial charge is 0.361 e. The number of amides is 1. The van der Waals surface area contributed by atoms with Gasteiger partial charge in [0, 0.05) is 22.3 Å². The highest BCUT2D eigenvalue weighted by atomic mass is 32.2. The topological polar surface area (TPSA) is 46.3 Å². The van der Waals surface area contributed by atoms with Gasteiger partial charge < -0.3 is 9.42 Å². The lowest BCUT2D eigenvalue weighted by molar-refractivity contribution is -0.118. The molecule has 0 saturated carbocycles. The number of fused-ring (bicyclic) bond motifs is 1. The second-order valence-electron chi connectivity index (χ2n) is 5.92. The van der Waals surface area contributed by atoms with Crippen molar-refractivity contribution in [1.82, 2.24) is 5.16 Å². The normalized spacial score (nSPS) is 16.6. The quantitative estimate of drug-likeness (QED) is 0.852. The molecule has 1 aromatic carbocycles. The molecule has 0 spiro atoms. The van der Waals surface area contributed by atoms with Crippen LogP contribution < -0.4 is 4.90 Å². The minimum absolute atomic E-state index is 0.00372. The molecule has 0 atom stereocenters. The van der Waals surface area contributed by atoms with Gasteiger partial charge >= 0.3 is 0 Å². The maximum atomic E-state index is 12.7. The van der Waals surface area contributed by atoms with Crippen molar-refractivity contribution < 1.29 is 9.32 Å². The van der Waals surface area contributed by atoms with Crippen LogP contribution in [0.2, 0.25) is 0 Å². The van der Waals surface area contributed by atoms with Gasteiger partial charge in [0.05, 0.1) is 17.8 Å². The van der Waals surface area contributed by atoms with Crippen LogP contribution in [0, 0.1) is 6.92 Å². The lowest BCUT2D eigenvalue weighted by Crippen LogP contribution is -2.44. The molecule has 21 heavy (non-hydrogen) atoms. The highest BCUT2D eigenvalue weighted by molar-refractivity contribution is 8.00. The minimum Gasteiger partial charge on any atom is -0.361 e. The molecular weight excluding hydrogens is 284 g/mol. The Morgan fingerprint density at radius 1 is 1.43 bits per heavy atom. The molecule has 0 bridgehead atoms. The molecule has 0 unspecified atom stereocenters. The van der Waals surface area contributed by atoms with Crippen LogP contribution in [0.5, 0.6) is 0 Å². The number of hydrogen-bond acceptors (Lipinski definition) is 4. The van der Waals surface area contributed by atoms with Crippen LogP contribution >= 0.6 is 11.8 Å². The molecular formula is C16H18N2O2S. The van der Waals surface area contributed by atoms with E-state index >= 15 is 0 Å². The van der Waals surface area contributed by atoms with Crippen molar-refractivity contribution in [3.8, 4) is 0 Å². The van der Waals surface area contributed by atoms with Gasteiger partial charge in [0.2, 0.25) is 5.91 Å². The highest BCUT2D eigenvalue weighted by Gasteiger charge is 2.34. The van der Waals surface area contributed by atoms with Crippen molar-refractivity contribution in [2.75, 3.05) is 11.4 Å². The summed E-state index contributed by atoms with van der Waals surface area (Å²) in [5.74, 6) is 0.789. The third kappa shape index (κ3) is 2.97. The van der Waals surface area contributed by atoms with Gasteiger partial charge in [-0.3, -0.25) is 4.79 Å². The fourth-order valence-electron chi connectivity index (χ4n) is 2.54. The van der Waals surface area contributed by atoms with E-state index in [4.69, 9.17) is 4.52 Å². The van der Waals surface area contributed by atoms with Crippen molar-refractivity contribution in [3.05, 3.63) is 41.8 Å². The Kier molecular flexibility index (Phi) is 3.53. The zero-order valence-electron chi connectivity index (χ0n) is 12.4. The summed E-state index contributed by atoms with van der Waals surface area (Å²) in [5.41, 5.74) is 1.68. The Morgan fingerprint density at radius 2 is 2.19 bits per heavy atom. The number of aryl methyl sites for hydroxylation is 1. The average molecular weight is 302 g/mol. The van der Waals surface area contributed by atoms with Gasteiger partial charge in [0.25, 0.3) is 0 Å². The lowest BCUT2D eigenvalue weighted by Gasteiger charge is -2.38. The molecule has 3 rings (SSSR count). The molecule has 1 amide bonds. The molecule has 0 fully saturated rings. The van der Waals surface area contributed by atoms with Crippen molar-refractivity contribution in [1.29, 1.82) is 0 Å². The zero-order valence-corrected chi connectivity index (χ0v) is 13.2. The molecule has 1 aliphatic heterocycles. The van der Waals surface area contributed by atoms with Crippen LogP contribution in [0.25, 0.3) is 0 Å². The van der Waals surface area contributed by atoms with Gasteiger partial charge in [0.15, 0.2) is 0 Å². The molecule has 0 N–H and O–H groups in total. The standard InChI is InChI=1S/C16H18N2O2S/c1-11-8-12(17-20-11)9-15(19)18-10-16(2,3)21-14-7-5-4-6-13(14)18/h4-8H,9-10H2,1-3H3. The van der Waals surface area contributed by atoms with Gasteiger partial charge in [-0.15, -0.1) is 11.8 Å². The number of thioether (sulfide) groups is 1. The summed E-state index contributed by atoms with van der Waals surface area (Å²) in [6.45, 7) is 6.85. The van der Waals surface area contributed by atoms with Gasteiger partial charge in [-0.2, -0.15) is 0 Å². The molecule has 1 aromatic heterocycles. The number of para-hydroxylation sites is 1. The Hall–Kier alpha value is -1.75. The molecule has 4 nitrogen and oxygen atoms in total. The number of carbonyl (C=O) groups is 1. The molecule has 1 aliphatic rings. The Bertz CT molecular complexity index is 678. The van der Waals surface area contributed by atoms with Gasteiger partial charge in [-0.25, -0.2) is 0 Å². The second kappa shape index (κ2) is 5.22. The summed E-state index contributed by atoms with van der Waals surface area (Å²) >= 11 is 1.82. The summed E-state index contributed by atoms with van der Waals surface area (Å²) < 4.78 is 5.04. The van der Waals surface area contributed by atoms with Crippen LogP contribution in [-0.2, 0) is 11.2 Å². The Balaban J connectivity index is 1.88. The van der Waals surface area contributed by atoms with E-state index in [0.717, 1.165) is 16.3 Å². The Labute approximate surface area is 128 Å². The van der Waals surface area contributed by atoms with E-state index in [1.165, 1.54) is 0 Å². The highest BCUT2D eigenvalue weighted by Crippen LogP contribution is 2.44. The number of rotatable bonds is 2. The van der Waals surface area contributed by atoms with Gasteiger partial charge in [-0.1, -0.05) is 17.3 Å². The number of nitrogens with zero attached hydrogens (tertiary/aromatic N) is 2. The van der Waals surface area contributed by atoms with E-state index in [1.54, 1.807) is 0 Å². The maximum absolute atomic E-state index is 12.7. The van der Waals surface area contributed by atoms with Crippen LogP contribution in [0.3, 0.4) is 0 Å². The molecule has 0 radical (unpaired) electrons. The second-order valence-corrected chi connectivity index (χ2v) is 7.66. The average Bonchev–Trinajstić information content (AvgIpc) is 2.82. The van der Waals surface area contributed by atoms with Gasteiger partial charge in [-0.05, 0) is 32.9 Å². The summed E-state index contributed by atoms with van der Waals surface area (Å²) in [6.07, 6.45) is 0.270. The molecule has 110 valence electrons. The van der Waals surface area contributed by atoms with Crippen molar-refractivity contribution in [2.45, 2.75) is 36.8 Å². The monoisotopic (exact) mass is 302 g/mol. The Morgan fingerprint density at radius 3 is 2.90 bits per heavy atom. The first-order valence-corrected chi connectivity index (χ1v) is 7.77. The van der Waals surface area contributed by atoms with Gasteiger partial charge in [0.1, 0.15) is 5.76 Å². The summed E-state index contributed by atoms with van der Waals surface area (Å²) in [4.78, 5) is 15.7. The molecule has 0 aliphatic carbocycles. The summed E-state index contributed by atoms with van der Waals surface area (Å²) in [5, 5.41) is 3.92. The van der Waals surface area contributed by atoms with Crippen molar-refractivity contribution in [3.63, 3.8) is 0 Å². The first-order valence-electron chi connectivity index (χ1n) is 6.95. The van der Waals surface area contributed by atoms with E-state index in [0.29, 0.717) is 12.2 Å². The smallest absolute Gasteiger partial charge is 0.233 e. The minimum atomic E-state index is 0.00372. The van der Waals surface area contributed by atoms with E-state index in [1.807, 2.05) is 47.9 Å². The first kappa shape index (κ1) is 14.2. The number of anilines is 1. The number of carbonyl (C=O) groups excluding carboxylic acids is 1. The molecule has 5 heteroatoms. The van der Waals surface area contributed by atoms with E-state index < -0.39 is 0 Å². The number of aromatic nitrogens is 1. The molecule has 2 heterocycles. The molecule has 0 saturated heterocycles. The third-order valence-electron chi connectivity index (χ3n) is 3.39. The van der Waals surface area contributed by atoms with E-state index in [2.05, 4.69) is 25.1 Å².